The molecule has 4 nitrogen and oxygen atoms in total. The molecule has 0 aliphatic rings. The van der Waals surface area contributed by atoms with Crippen molar-refractivity contribution in [2.75, 3.05) is 6.54 Å². The lowest BCUT2D eigenvalue weighted by Gasteiger charge is -2.18. The number of Topliss-reactive ketones (excluding diaryl/α,β-unsaturated/α-hetero) is 1. The molecule has 0 spiro atoms. The van der Waals surface area contributed by atoms with Gasteiger partial charge in [-0.15, -0.1) is 17.0 Å². The third-order valence-corrected chi connectivity index (χ3v) is 6.36. The lowest BCUT2D eigenvalue weighted by atomic mass is 10.2. The standard InChI is InChI=1S/C18H15P.C5H9NO3.BrH/c1-4-10-16(11-5-1)19(17-12-6-2-7-13-17)18-14-8-3-9-15-18;1-5(7)3-2-4-6(8)9;/h1-15H;2-4H2,1H3;1H. The van der Waals surface area contributed by atoms with E-state index in [4.69, 9.17) is 0 Å². The van der Waals surface area contributed by atoms with Crippen molar-refractivity contribution >= 4 is 46.6 Å². The zero-order chi connectivity index (χ0) is 20.2. The van der Waals surface area contributed by atoms with E-state index < -0.39 is 12.8 Å². The van der Waals surface area contributed by atoms with Gasteiger partial charge in [-0.3, -0.25) is 10.1 Å². The largest absolute Gasteiger partial charge is 0.300 e. The first-order chi connectivity index (χ1) is 13.6. The van der Waals surface area contributed by atoms with Gasteiger partial charge in [-0.1, -0.05) is 91.0 Å². The van der Waals surface area contributed by atoms with Crippen molar-refractivity contribution in [1.29, 1.82) is 0 Å². The summed E-state index contributed by atoms with van der Waals surface area (Å²) in [6, 6.07) is 32.3. The van der Waals surface area contributed by atoms with Gasteiger partial charge in [0.1, 0.15) is 5.78 Å². The Kier molecular flexibility index (Phi) is 11.7. The molecule has 0 amide bonds. The maximum absolute atomic E-state index is 10.2. The molecule has 0 aromatic heterocycles. The maximum Gasteiger partial charge on any atom is 0.204 e. The molecule has 0 atom stereocenters. The number of nitro groups is 1. The number of carbonyl (C=O) groups excluding carboxylic acids is 1. The average molecular weight is 474 g/mol. The quantitative estimate of drug-likeness (QED) is 0.285. The van der Waals surface area contributed by atoms with Gasteiger partial charge < -0.3 is 4.79 Å². The van der Waals surface area contributed by atoms with Gasteiger partial charge in [0.25, 0.3) is 0 Å². The lowest BCUT2D eigenvalue weighted by molar-refractivity contribution is -0.480. The van der Waals surface area contributed by atoms with E-state index in [-0.39, 0.29) is 29.3 Å². The Bertz CT molecular complexity index is 753. The van der Waals surface area contributed by atoms with E-state index in [1.54, 1.807) is 0 Å². The second kappa shape index (κ2) is 13.8. The summed E-state index contributed by atoms with van der Waals surface area (Å²) in [6.45, 7) is 1.33. The molecule has 3 aromatic rings. The number of ketones is 1. The smallest absolute Gasteiger partial charge is 0.204 e. The highest BCUT2D eigenvalue weighted by molar-refractivity contribution is 8.93. The molecule has 152 valence electrons. The topological polar surface area (TPSA) is 60.2 Å². The Morgan fingerprint density at radius 2 is 1.14 bits per heavy atom. The Labute approximate surface area is 183 Å². The van der Waals surface area contributed by atoms with E-state index in [2.05, 4.69) is 91.0 Å². The molecule has 0 saturated carbocycles. The van der Waals surface area contributed by atoms with Gasteiger partial charge in [-0.25, -0.2) is 0 Å². The fraction of sp³-hybridized carbons (Fsp3) is 0.174. The minimum absolute atomic E-state index is 0. The van der Waals surface area contributed by atoms with E-state index in [1.807, 2.05) is 0 Å². The highest BCUT2D eigenvalue weighted by atomic mass is 79.9. The molecular formula is C23H25BrNO3P. The number of hydrogen-bond donors (Lipinski definition) is 0. The molecule has 0 radical (unpaired) electrons. The molecule has 0 bridgehead atoms. The van der Waals surface area contributed by atoms with E-state index in [0.717, 1.165) is 0 Å². The summed E-state index contributed by atoms with van der Waals surface area (Å²) in [5.41, 5.74) is 0. The predicted molar refractivity (Wildman–Crippen MR) is 127 cm³/mol. The monoisotopic (exact) mass is 473 g/mol. The summed E-state index contributed by atoms with van der Waals surface area (Å²) in [4.78, 5) is 19.5. The normalized spacial score (nSPS) is 9.72. The predicted octanol–water partition coefficient (Wildman–Crippen LogP) is 4.66. The summed E-state index contributed by atoms with van der Waals surface area (Å²) >= 11 is 0. The van der Waals surface area contributed by atoms with Crippen LogP contribution in [0, 0.1) is 10.1 Å². The first kappa shape index (κ1) is 24.7. The minimum Gasteiger partial charge on any atom is -0.300 e. The van der Waals surface area contributed by atoms with Crippen LogP contribution in [0.2, 0.25) is 0 Å². The van der Waals surface area contributed by atoms with Crippen LogP contribution in [-0.4, -0.2) is 17.3 Å². The second-order valence-corrected chi connectivity index (χ2v) is 8.42. The highest BCUT2D eigenvalue weighted by Gasteiger charge is 2.14. The summed E-state index contributed by atoms with van der Waals surface area (Å²) in [6.07, 6.45) is 0.684. The van der Waals surface area contributed by atoms with Crippen molar-refractivity contribution in [3.8, 4) is 0 Å². The average Bonchev–Trinajstić information content (AvgIpc) is 2.71. The second-order valence-electron chi connectivity index (χ2n) is 6.20. The molecule has 0 unspecified atom stereocenters. The van der Waals surface area contributed by atoms with Crippen LogP contribution in [-0.2, 0) is 4.79 Å². The molecule has 0 fully saturated rings. The van der Waals surface area contributed by atoms with Crippen molar-refractivity contribution in [1.82, 2.24) is 0 Å². The Balaban J connectivity index is 0.000000362. The third-order valence-electron chi connectivity index (χ3n) is 3.91. The molecule has 29 heavy (non-hydrogen) atoms. The van der Waals surface area contributed by atoms with Crippen molar-refractivity contribution in [2.24, 2.45) is 0 Å². The number of halogens is 1. The first-order valence-electron chi connectivity index (χ1n) is 9.14. The van der Waals surface area contributed by atoms with Crippen LogP contribution in [0.4, 0.5) is 0 Å². The van der Waals surface area contributed by atoms with Crippen molar-refractivity contribution in [3.05, 3.63) is 101 Å². The van der Waals surface area contributed by atoms with Crippen molar-refractivity contribution in [3.63, 3.8) is 0 Å². The number of hydrogen-bond acceptors (Lipinski definition) is 3. The van der Waals surface area contributed by atoms with Gasteiger partial charge in [-0.2, -0.15) is 0 Å². The Morgan fingerprint density at radius 1 is 0.793 bits per heavy atom. The molecule has 0 saturated heterocycles. The number of rotatable bonds is 7. The molecule has 3 aromatic carbocycles. The van der Waals surface area contributed by atoms with Gasteiger partial charge in [-0.05, 0) is 30.8 Å². The molecule has 0 aliphatic heterocycles. The summed E-state index contributed by atoms with van der Waals surface area (Å²) < 4.78 is 0. The van der Waals surface area contributed by atoms with Crippen LogP contribution < -0.4 is 15.9 Å². The van der Waals surface area contributed by atoms with Crippen LogP contribution in [0.5, 0.6) is 0 Å². The van der Waals surface area contributed by atoms with E-state index in [1.165, 1.54) is 22.8 Å². The zero-order valence-electron chi connectivity index (χ0n) is 16.3. The van der Waals surface area contributed by atoms with Crippen LogP contribution in [0.15, 0.2) is 91.0 Å². The molecule has 0 heterocycles. The minimum atomic E-state index is -0.446. The molecule has 3 rings (SSSR count). The van der Waals surface area contributed by atoms with Crippen molar-refractivity contribution < 1.29 is 9.72 Å². The van der Waals surface area contributed by atoms with Gasteiger partial charge in [0.2, 0.25) is 6.54 Å². The molecular weight excluding hydrogens is 449 g/mol. The van der Waals surface area contributed by atoms with E-state index in [0.29, 0.717) is 12.8 Å². The molecule has 0 N–H and O–H groups in total. The van der Waals surface area contributed by atoms with E-state index >= 15 is 0 Å². The number of nitrogens with zero attached hydrogens (tertiary/aromatic N) is 1. The van der Waals surface area contributed by atoms with Gasteiger partial charge >= 0.3 is 0 Å². The zero-order valence-corrected chi connectivity index (χ0v) is 18.9. The number of benzene rings is 3. The van der Waals surface area contributed by atoms with Crippen LogP contribution in [0.25, 0.3) is 0 Å². The summed E-state index contributed by atoms with van der Waals surface area (Å²) in [7, 11) is -0.446. The van der Waals surface area contributed by atoms with Crippen LogP contribution >= 0.6 is 24.9 Å². The van der Waals surface area contributed by atoms with Crippen LogP contribution in [0.1, 0.15) is 19.8 Å². The number of carbonyl (C=O) groups is 1. The highest BCUT2D eigenvalue weighted by Crippen LogP contribution is 2.32. The van der Waals surface area contributed by atoms with Crippen molar-refractivity contribution in [2.45, 2.75) is 19.8 Å². The van der Waals surface area contributed by atoms with Gasteiger partial charge in [0.05, 0.1) is 0 Å². The van der Waals surface area contributed by atoms with Crippen LogP contribution in [0.3, 0.4) is 0 Å². The van der Waals surface area contributed by atoms with E-state index in [9.17, 15) is 14.9 Å². The first-order valence-corrected chi connectivity index (χ1v) is 10.5. The third kappa shape index (κ3) is 9.12. The Hall–Kier alpha value is -2.36. The van der Waals surface area contributed by atoms with Gasteiger partial charge in [0.15, 0.2) is 0 Å². The van der Waals surface area contributed by atoms with Gasteiger partial charge in [0, 0.05) is 17.8 Å². The fourth-order valence-corrected chi connectivity index (χ4v) is 4.94. The summed E-state index contributed by atoms with van der Waals surface area (Å²) in [5.74, 6) is 0.0110. The molecule has 0 aliphatic carbocycles. The maximum atomic E-state index is 10.2. The lowest BCUT2D eigenvalue weighted by Crippen LogP contribution is -2.20. The molecule has 6 heteroatoms. The summed E-state index contributed by atoms with van der Waals surface area (Å²) in [5, 5.41) is 13.9. The SMILES string of the molecule is Br.CC(=O)CCC[N+](=O)[O-].c1ccc(P(c2ccccc2)c2ccccc2)cc1. The fourth-order valence-electron chi connectivity index (χ4n) is 2.64. The Morgan fingerprint density at radius 3 is 1.41 bits per heavy atom.